The number of aryl methyl sites for hydroxylation is 2. The monoisotopic (exact) mass is 465 g/mol. The number of aromatic nitrogens is 2. The smallest absolute Gasteiger partial charge is 0.339 e. The fourth-order valence-corrected chi connectivity index (χ4v) is 5.27. The first-order valence-electron chi connectivity index (χ1n) is 10.1. The van der Waals surface area contributed by atoms with Crippen molar-refractivity contribution < 1.29 is 26.1 Å². The highest BCUT2D eigenvalue weighted by Crippen LogP contribution is 2.34. The lowest BCUT2D eigenvalue weighted by Gasteiger charge is -2.29. The van der Waals surface area contributed by atoms with Gasteiger partial charge in [-0.1, -0.05) is 23.4 Å². The van der Waals surface area contributed by atoms with E-state index in [0.29, 0.717) is 31.8 Å². The van der Waals surface area contributed by atoms with Gasteiger partial charge in [-0.15, -0.1) is 0 Å². The molecule has 1 aliphatic heterocycles. The molecule has 1 aromatic heterocycles. The first kappa shape index (κ1) is 22.5. The minimum Gasteiger partial charge on any atom is -0.339 e. The molecule has 0 atom stereocenters. The molecule has 10 heteroatoms. The fraction of sp³-hybridized carbons (Fsp3) is 0.364. The maximum Gasteiger partial charge on any atom is 0.416 e. The van der Waals surface area contributed by atoms with Crippen molar-refractivity contribution in [1.82, 2.24) is 14.4 Å². The molecule has 0 amide bonds. The number of halogens is 3. The van der Waals surface area contributed by atoms with Crippen molar-refractivity contribution in [3.63, 3.8) is 0 Å². The molecule has 3 aromatic rings. The molecule has 170 valence electrons. The number of nitrogens with zero attached hydrogens (tertiary/aromatic N) is 3. The topological polar surface area (TPSA) is 76.3 Å². The summed E-state index contributed by atoms with van der Waals surface area (Å²) in [4.78, 5) is 4.55. The van der Waals surface area contributed by atoms with Gasteiger partial charge in [-0.05, 0) is 62.1 Å². The van der Waals surface area contributed by atoms with Crippen LogP contribution in [0.4, 0.5) is 13.2 Å². The molecule has 0 spiro atoms. The number of piperidine rings is 1. The van der Waals surface area contributed by atoms with Crippen molar-refractivity contribution in [3.8, 4) is 11.4 Å². The normalized spacial score (nSPS) is 16.4. The molecule has 1 aliphatic rings. The third-order valence-electron chi connectivity index (χ3n) is 5.81. The van der Waals surface area contributed by atoms with Crippen LogP contribution in [-0.4, -0.2) is 36.0 Å². The molecule has 2 aromatic carbocycles. The molecule has 2 heterocycles. The highest BCUT2D eigenvalue weighted by Gasteiger charge is 2.33. The molecule has 0 saturated carbocycles. The maximum absolute atomic E-state index is 13.0. The van der Waals surface area contributed by atoms with E-state index in [2.05, 4.69) is 10.1 Å². The number of hydrogen-bond acceptors (Lipinski definition) is 5. The summed E-state index contributed by atoms with van der Waals surface area (Å²) in [5, 5.41) is 3.83. The van der Waals surface area contributed by atoms with Crippen molar-refractivity contribution in [2.45, 2.75) is 43.7 Å². The van der Waals surface area contributed by atoms with Crippen molar-refractivity contribution in [1.29, 1.82) is 0 Å². The fourth-order valence-electron chi connectivity index (χ4n) is 3.72. The van der Waals surface area contributed by atoms with E-state index in [-0.39, 0.29) is 22.2 Å². The van der Waals surface area contributed by atoms with E-state index in [1.807, 2.05) is 13.8 Å². The van der Waals surface area contributed by atoms with E-state index in [9.17, 15) is 21.6 Å². The summed E-state index contributed by atoms with van der Waals surface area (Å²) >= 11 is 0. The van der Waals surface area contributed by atoms with Gasteiger partial charge in [0.15, 0.2) is 0 Å². The SMILES string of the molecule is Cc1ccc(S(=O)(=O)N2CCC(c3nc(-c4cccc(C(F)(F)F)c4)no3)CC2)cc1C. The molecular weight excluding hydrogens is 443 g/mol. The Morgan fingerprint density at radius 3 is 2.41 bits per heavy atom. The number of rotatable bonds is 4. The predicted molar refractivity (Wildman–Crippen MR) is 111 cm³/mol. The molecule has 0 unspecified atom stereocenters. The van der Waals surface area contributed by atoms with Crippen LogP contribution < -0.4 is 0 Å². The van der Waals surface area contributed by atoms with Crippen LogP contribution in [0, 0.1) is 13.8 Å². The number of benzene rings is 2. The average Bonchev–Trinajstić information content (AvgIpc) is 3.25. The van der Waals surface area contributed by atoms with E-state index >= 15 is 0 Å². The average molecular weight is 465 g/mol. The number of sulfonamides is 1. The summed E-state index contributed by atoms with van der Waals surface area (Å²) in [5.74, 6) is 0.227. The molecule has 0 radical (unpaired) electrons. The van der Waals surface area contributed by atoms with Crippen LogP contribution in [0.25, 0.3) is 11.4 Å². The third-order valence-corrected chi connectivity index (χ3v) is 7.70. The van der Waals surface area contributed by atoms with Gasteiger partial charge < -0.3 is 4.52 Å². The van der Waals surface area contributed by atoms with E-state index < -0.39 is 21.8 Å². The highest BCUT2D eigenvalue weighted by atomic mass is 32.2. The van der Waals surface area contributed by atoms with Gasteiger partial charge in [0.2, 0.25) is 21.7 Å². The standard InChI is InChI=1S/C22H22F3N3O3S/c1-14-6-7-19(12-15(14)2)32(29,30)28-10-8-16(9-11-28)21-26-20(27-31-21)17-4-3-5-18(13-17)22(23,24)25/h3-7,12-13,16H,8-11H2,1-2H3. The van der Waals surface area contributed by atoms with Crippen LogP contribution >= 0.6 is 0 Å². The van der Waals surface area contributed by atoms with E-state index in [1.165, 1.54) is 16.4 Å². The zero-order valence-electron chi connectivity index (χ0n) is 17.6. The highest BCUT2D eigenvalue weighted by molar-refractivity contribution is 7.89. The number of hydrogen-bond donors (Lipinski definition) is 0. The van der Waals surface area contributed by atoms with Gasteiger partial charge in [-0.2, -0.15) is 22.5 Å². The summed E-state index contributed by atoms with van der Waals surface area (Å²) < 4.78 is 71.6. The Kier molecular flexibility index (Phi) is 5.85. The Morgan fingerprint density at radius 2 is 1.75 bits per heavy atom. The first-order valence-corrected chi connectivity index (χ1v) is 11.6. The minimum atomic E-state index is -4.46. The summed E-state index contributed by atoms with van der Waals surface area (Å²) in [5.41, 5.74) is 1.36. The van der Waals surface area contributed by atoms with Crippen LogP contribution in [0.5, 0.6) is 0 Å². The molecule has 32 heavy (non-hydrogen) atoms. The predicted octanol–water partition coefficient (Wildman–Crippen LogP) is 4.94. The molecule has 1 saturated heterocycles. The quantitative estimate of drug-likeness (QED) is 0.546. The van der Waals surface area contributed by atoms with Crippen LogP contribution in [-0.2, 0) is 16.2 Å². The van der Waals surface area contributed by atoms with Crippen molar-refractivity contribution in [3.05, 3.63) is 65.0 Å². The van der Waals surface area contributed by atoms with Crippen molar-refractivity contribution in [2.24, 2.45) is 0 Å². The summed E-state index contributed by atoms with van der Waals surface area (Å²) in [7, 11) is -3.60. The van der Waals surface area contributed by atoms with Crippen molar-refractivity contribution in [2.75, 3.05) is 13.1 Å². The van der Waals surface area contributed by atoms with E-state index in [4.69, 9.17) is 4.52 Å². The van der Waals surface area contributed by atoms with Gasteiger partial charge in [0.1, 0.15) is 0 Å². The second-order valence-electron chi connectivity index (χ2n) is 7.96. The van der Waals surface area contributed by atoms with Gasteiger partial charge in [0.05, 0.1) is 10.5 Å². The van der Waals surface area contributed by atoms with Crippen LogP contribution in [0.2, 0.25) is 0 Å². The summed E-state index contributed by atoms with van der Waals surface area (Å²) in [6, 6.07) is 9.83. The third kappa shape index (κ3) is 4.42. The lowest BCUT2D eigenvalue weighted by atomic mass is 9.98. The second-order valence-corrected chi connectivity index (χ2v) is 9.90. The van der Waals surface area contributed by atoms with Crippen LogP contribution in [0.1, 0.15) is 41.3 Å². The number of alkyl halides is 3. The lowest BCUT2D eigenvalue weighted by Crippen LogP contribution is -2.38. The van der Waals surface area contributed by atoms with E-state index in [1.54, 1.807) is 18.2 Å². The van der Waals surface area contributed by atoms with Crippen LogP contribution in [0.3, 0.4) is 0 Å². The Balaban J connectivity index is 1.46. The molecule has 1 fully saturated rings. The van der Waals surface area contributed by atoms with Crippen LogP contribution in [0.15, 0.2) is 51.9 Å². The van der Waals surface area contributed by atoms with Gasteiger partial charge in [0, 0.05) is 24.6 Å². The first-order chi connectivity index (χ1) is 15.1. The Bertz CT molecular complexity index is 1230. The van der Waals surface area contributed by atoms with Gasteiger partial charge in [-0.3, -0.25) is 0 Å². The lowest BCUT2D eigenvalue weighted by molar-refractivity contribution is -0.137. The van der Waals surface area contributed by atoms with Gasteiger partial charge in [-0.25, -0.2) is 8.42 Å². The van der Waals surface area contributed by atoms with Crippen molar-refractivity contribution >= 4 is 10.0 Å². The zero-order chi connectivity index (χ0) is 23.1. The molecule has 6 nitrogen and oxygen atoms in total. The molecule has 0 aliphatic carbocycles. The minimum absolute atomic E-state index is 0.0799. The molecule has 0 N–H and O–H groups in total. The Hall–Kier alpha value is -2.72. The molecular formula is C22H22F3N3O3S. The summed E-state index contributed by atoms with van der Waals surface area (Å²) in [6.07, 6.45) is -3.50. The molecule has 0 bridgehead atoms. The Labute approximate surface area is 184 Å². The Morgan fingerprint density at radius 1 is 1.03 bits per heavy atom. The second kappa shape index (κ2) is 8.32. The molecule has 4 rings (SSSR count). The van der Waals surface area contributed by atoms with Gasteiger partial charge in [0.25, 0.3) is 0 Å². The largest absolute Gasteiger partial charge is 0.416 e. The maximum atomic E-state index is 13.0. The van der Waals surface area contributed by atoms with Gasteiger partial charge >= 0.3 is 6.18 Å². The zero-order valence-corrected chi connectivity index (χ0v) is 18.4. The summed E-state index contributed by atoms with van der Waals surface area (Å²) in [6.45, 7) is 4.38. The van der Waals surface area contributed by atoms with E-state index in [0.717, 1.165) is 23.3 Å².